The van der Waals surface area contributed by atoms with Gasteiger partial charge in [-0.1, -0.05) is 13.8 Å². The molecule has 1 aliphatic rings. The Labute approximate surface area is 121 Å². The van der Waals surface area contributed by atoms with Crippen LogP contribution in [0.2, 0.25) is 0 Å². The second-order valence-corrected chi connectivity index (χ2v) is 5.78. The lowest BCUT2D eigenvalue weighted by Crippen LogP contribution is -2.51. The highest BCUT2D eigenvalue weighted by atomic mass is 32.2. The number of nitrogens with zero attached hydrogens (tertiary/aromatic N) is 1. The van der Waals surface area contributed by atoms with E-state index in [0.29, 0.717) is 5.75 Å². The van der Waals surface area contributed by atoms with Gasteiger partial charge in [-0.25, -0.2) is 14.4 Å². The third-order valence-electron chi connectivity index (χ3n) is 2.75. The Hall–Kier alpha value is -1.64. The first-order valence-corrected chi connectivity index (χ1v) is 7.22. The predicted molar refractivity (Wildman–Crippen MR) is 73.3 cm³/mol. The number of nitrogens with one attached hydrogen (secondary N) is 1. The Kier molecular flexibility index (Phi) is 5.93. The molecule has 2 atom stereocenters. The fraction of sp³-hybridized carbons (Fsp3) is 0.727. The zero-order valence-corrected chi connectivity index (χ0v) is 12.2. The number of hydrogen-bond acceptors (Lipinski definition) is 5. The molecule has 1 rings (SSSR count). The van der Waals surface area contributed by atoms with Crippen LogP contribution in [0.4, 0.5) is 9.59 Å². The molecule has 3 amide bonds. The monoisotopic (exact) mass is 305 g/mol. The molecule has 114 valence electrons. The maximum absolute atomic E-state index is 12.1. The van der Waals surface area contributed by atoms with Gasteiger partial charge in [0.2, 0.25) is 0 Å². The van der Waals surface area contributed by atoms with Crippen LogP contribution in [0.15, 0.2) is 0 Å². The van der Waals surface area contributed by atoms with E-state index in [1.54, 1.807) is 0 Å². The fourth-order valence-electron chi connectivity index (χ4n) is 1.89. The maximum Gasteiger partial charge on any atom is 0.404 e. The highest BCUT2D eigenvalue weighted by Crippen LogP contribution is 2.33. The molecule has 8 nitrogen and oxygen atoms in total. The number of carbonyl (C=O) groups excluding carboxylic acids is 2. The number of carbonyl (C=O) groups is 3. The highest BCUT2D eigenvalue weighted by Gasteiger charge is 2.42. The Morgan fingerprint density at radius 2 is 2.15 bits per heavy atom. The number of primary amides is 1. The maximum atomic E-state index is 12.1. The van der Waals surface area contributed by atoms with Crippen LogP contribution in [-0.4, -0.2) is 58.4 Å². The van der Waals surface area contributed by atoms with E-state index >= 15 is 0 Å². The number of carboxylic acid groups (broad SMARTS) is 1. The average molecular weight is 305 g/mol. The SMILES string of the molecule is CC(C)C1SCC(C(=O)O)N1C(=O)NCCOC(N)=O. The van der Waals surface area contributed by atoms with Crippen molar-refractivity contribution in [3.63, 3.8) is 0 Å². The van der Waals surface area contributed by atoms with Crippen molar-refractivity contribution >= 4 is 29.9 Å². The number of carboxylic acids is 1. The van der Waals surface area contributed by atoms with Gasteiger partial charge in [-0.15, -0.1) is 11.8 Å². The molecule has 9 heteroatoms. The van der Waals surface area contributed by atoms with E-state index in [0.717, 1.165) is 0 Å². The Balaban J connectivity index is 2.60. The van der Waals surface area contributed by atoms with Crippen molar-refractivity contribution < 1.29 is 24.2 Å². The second-order valence-electron chi connectivity index (χ2n) is 4.63. The van der Waals surface area contributed by atoms with Gasteiger partial charge in [-0.05, 0) is 5.92 Å². The molecule has 0 spiro atoms. The summed E-state index contributed by atoms with van der Waals surface area (Å²) >= 11 is 1.45. The Morgan fingerprint density at radius 3 is 2.65 bits per heavy atom. The van der Waals surface area contributed by atoms with Crippen molar-refractivity contribution in [1.82, 2.24) is 10.2 Å². The fourth-order valence-corrected chi connectivity index (χ4v) is 3.36. The van der Waals surface area contributed by atoms with E-state index in [4.69, 9.17) is 10.8 Å². The predicted octanol–water partition coefficient (Wildman–Crippen LogP) is 0.275. The van der Waals surface area contributed by atoms with Crippen LogP contribution >= 0.6 is 11.8 Å². The molecule has 1 fully saturated rings. The molecule has 0 aromatic heterocycles. The molecule has 0 aromatic carbocycles. The van der Waals surface area contributed by atoms with Crippen molar-refractivity contribution in [3.05, 3.63) is 0 Å². The van der Waals surface area contributed by atoms with Crippen molar-refractivity contribution in [2.75, 3.05) is 18.9 Å². The van der Waals surface area contributed by atoms with Gasteiger partial charge < -0.3 is 20.9 Å². The van der Waals surface area contributed by atoms with Crippen molar-refractivity contribution in [2.24, 2.45) is 11.7 Å². The molecule has 4 N–H and O–H groups in total. The average Bonchev–Trinajstić information content (AvgIpc) is 2.78. The normalized spacial score (nSPS) is 21.9. The summed E-state index contributed by atoms with van der Waals surface area (Å²) in [5, 5.41) is 11.5. The zero-order chi connectivity index (χ0) is 15.3. The van der Waals surface area contributed by atoms with Crippen molar-refractivity contribution in [3.8, 4) is 0 Å². The summed E-state index contributed by atoms with van der Waals surface area (Å²) in [6.07, 6.45) is -0.917. The molecule has 1 heterocycles. The van der Waals surface area contributed by atoms with Gasteiger partial charge in [0.25, 0.3) is 0 Å². The molecular formula is C11H19N3O5S. The van der Waals surface area contributed by atoms with Crippen molar-refractivity contribution in [2.45, 2.75) is 25.3 Å². The van der Waals surface area contributed by atoms with E-state index < -0.39 is 24.1 Å². The quantitative estimate of drug-likeness (QED) is 0.627. The van der Waals surface area contributed by atoms with E-state index in [9.17, 15) is 14.4 Å². The number of nitrogens with two attached hydrogens (primary N) is 1. The van der Waals surface area contributed by atoms with Crippen LogP contribution in [0.3, 0.4) is 0 Å². The third kappa shape index (κ3) is 4.19. The third-order valence-corrected chi connectivity index (χ3v) is 4.37. The molecule has 1 aliphatic heterocycles. The summed E-state index contributed by atoms with van der Waals surface area (Å²) in [5.41, 5.74) is 4.79. The smallest absolute Gasteiger partial charge is 0.404 e. The molecule has 2 unspecified atom stereocenters. The summed E-state index contributed by atoms with van der Waals surface area (Å²) in [7, 11) is 0. The van der Waals surface area contributed by atoms with Gasteiger partial charge >= 0.3 is 18.1 Å². The number of thioether (sulfide) groups is 1. The van der Waals surface area contributed by atoms with Crippen molar-refractivity contribution in [1.29, 1.82) is 0 Å². The highest BCUT2D eigenvalue weighted by molar-refractivity contribution is 8.00. The van der Waals surface area contributed by atoms with Crippen LogP contribution in [0.1, 0.15) is 13.8 Å². The minimum Gasteiger partial charge on any atom is -0.480 e. The summed E-state index contributed by atoms with van der Waals surface area (Å²) < 4.78 is 4.49. The second kappa shape index (κ2) is 7.22. The molecular weight excluding hydrogens is 286 g/mol. The minimum atomic E-state index is -1.02. The summed E-state index contributed by atoms with van der Waals surface area (Å²) in [5.74, 6) is -0.523. The molecule has 1 saturated heterocycles. The molecule has 0 bridgehead atoms. The van der Waals surface area contributed by atoms with Gasteiger partial charge in [0, 0.05) is 5.75 Å². The summed E-state index contributed by atoms with van der Waals surface area (Å²) in [6, 6.07) is -1.32. The Morgan fingerprint density at radius 1 is 1.50 bits per heavy atom. The number of hydrogen-bond donors (Lipinski definition) is 3. The number of urea groups is 1. The van der Waals surface area contributed by atoms with E-state index in [1.165, 1.54) is 16.7 Å². The number of amides is 3. The van der Waals surface area contributed by atoms with Crippen LogP contribution in [-0.2, 0) is 9.53 Å². The first-order chi connectivity index (χ1) is 9.34. The molecule has 0 saturated carbocycles. The first kappa shape index (κ1) is 16.4. The molecule has 20 heavy (non-hydrogen) atoms. The minimum absolute atomic E-state index is 0.0495. The number of aliphatic carboxylic acids is 1. The van der Waals surface area contributed by atoms with Crippen LogP contribution in [0, 0.1) is 5.92 Å². The van der Waals surface area contributed by atoms with Crippen LogP contribution in [0.5, 0.6) is 0 Å². The lowest BCUT2D eigenvalue weighted by molar-refractivity contribution is -0.141. The van der Waals surface area contributed by atoms with Crippen LogP contribution < -0.4 is 11.1 Å². The lowest BCUT2D eigenvalue weighted by Gasteiger charge is -2.29. The van der Waals surface area contributed by atoms with E-state index in [1.807, 2.05) is 13.8 Å². The standard InChI is InChI=1S/C11H19N3O5S/c1-6(2)8-14(7(5-20-8)9(15)16)11(18)13-3-4-19-10(12)17/h6-8H,3-5H2,1-2H3,(H2,12,17)(H,13,18)(H,15,16). The van der Waals surface area contributed by atoms with Crippen LogP contribution in [0.25, 0.3) is 0 Å². The summed E-state index contributed by atoms with van der Waals surface area (Å²) in [6.45, 7) is 3.89. The Bertz CT molecular complexity index is 390. The van der Waals surface area contributed by atoms with E-state index in [-0.39, 0.29) is 24.4 Å². The van der Waals surface area contributed by atoms with Gasteiger partial charge in [0.15, 0.2) is 0 Å². The van der Waals surface area contributed by atoms with E-state index in [2.05, 4.69) is 10.1 Å². The molecule has 0 aliphatic carbocycles. The molecule has 0 radical (unpaired) electrons. The first-order valence-electron chi connectivity index (χ1n) is 6.17. The molecule has 0 aromatic rings. The van der Waals surface area contributed by atoms with Gasteiger partial charge in [-0.2, -0.15) is 0 Å². The number of ether oxygens (including phenoxy) is 1. The van der Waals surface area contributed by atoms with Gasteiger partial charge in [0.1, 0.15) is 12.6 Å². The largest absolute Gasteiger partial charge is 0.480 e. The van der Waals surface area contributed by atoms with Gasteiger partial charge in [-0.3, -0.25) is 4.90 Å². The zero-order valence-electron chi connectivity index (χ0n) is 11.4. The lowest BCUT2D eigenvalue weighted by atomic mass is 10.2. The number of rotatable bonds is 5. The topological polar surface area (TPSA) is 122 Å². The summed E-state index contributed by atoms with van der Waals surface area (Å²) in [4.78, 5) is 35.0. The van der Waals surface area contributed by atoms with Gasteiger partial charge in [0.05, 0.1) is 11.9 Å².